The third-order valence-electron chi connectivity index (χ3n) is 3.91. The van der Waals surface area contributed by atoms with E-state index in [0.29, 0.717) is 28.6 Å². The maximum absolute atomic E-state index is 13.7. The molecule has 0 bridgehead atoms. The van der Waals surface area contributed by atoms with Crippen molar-refractivity contribution in [1.82, 2.24) is 10.2 Å². The minimum atomic E-state index is -0.305. The molecule has 0 atom stereocenters. The molecule has 0 spiro atoms. The molecule has 26 heavy (non-hydrogen) atoms. The van der Waals surface area contributed by atoms with Crippen LogP contribution in [0.2, 0.25) is 5.02 Å². The van der Waals surface area contributed by atoms with Crippen LogP contribution in [0.15, 0.2) is 36.4 Å². The van der Waals surface area contributed by atoms with Gasteiger partial charge in [0.25, 0.3) is 0 Å². The Morgan fingerprint density at radius 1 is 1.19 bits per heavy atom. The predicted molar refractivity (Wildman–Crippen MR) is 104 cm³/mol. The maximum atomic E-state index is 13.7. The molecule has 0 heterocycles. The first kappa shape index (κ1) is 20.5. The van der Waals surface area contributed by atoms with E-state index in [-0.39, 0.29) is 12.4 Å². The predicted octanol–water partition coefficient (Wildman–Crippen LogP) is 4.11. The lowest BCUT2D eigenvalue weighted by atomic mass is 10.2. The second kappa shape index (κ2) is 10.4. The summed E-state index contributed by atoms with van der Waals surface area (Å²) in [5.74, 6) is 0.661. The fraction of sp³-hybridized carbons (Fsp3) is 0.400. The van der Waals surface area contributed by atoms with Gasteiger partial charge in [-0.05, 0) is 57.4 Å². The Bertz CT molecular complexity index is 710. The van der Waals surface area contributed by atoms with Crippen LogP contribution in [0.4, 0.5) is 4.39 Å². The summed E-state index contributed by atoms with van der Waals surface area (Å²) in [6.45, 7) is 2.74. The van der Waals surface area contributed by atoms with E-state index in [0.717, 1.165) is 25.1 Å². The standard InChI is InChI=1S/C20H26ClFN2O2/c1-24(2)10-6-9-23-13-15-11-17(21)20(19(12-15)25-3)26-14-16-7-4-5-8-18(16)22/h4-5,7-8,11-12,23H,6,9-10,13-14H2,1-3H3. The van der Waals surface area contributed by atoms with Gasteiger partial charge in [-0.15, -0.1) is 0 Å². The topological polar surface area (TPSA) is 33.7 Å². The normalized spacial score (nSPS) is 11.0. The Morgan fingerprint density at radius 3 is 2.65 bits per heavy atom. The van der Waals surface area contributed by atoms with Crippen molar-refractivity contribution >= 4 is 11.6 Å². The van der Waals surface area contributed by atoms with E-state index in [9.17, 15) is 4.39 Å². The van der Waals surface area contributed by atoms with Crippen LogP contribution in [0.5, 0.6) is 11.5 Å². The lowest BCUT2D eigenvalue weighted by Gasteiger charge is -2.15. The van der Waals surface area contributed by atoms with Gasteiger partial charge in [0.05, 0.1) is 12.1 Å². The highest BCUT2D eigenvalue weighted by Crippen LogP contribution is 2.37. The molecule has 0 fully saturated rings. The zero-order valence-electron chi connectivity index (χ0n) is 15.5. The molecule has 0 aromatic heterocycles. The van der Waals surface area contributed by atoms with Gasteiger partial charge >= 0.3 is 0 Å². The Labute approximate surface area is 159 Å². The molecule has 2 aromatic carbocycles. The first-order valence-corrected chi connectivity index (χ1v) is 8.97. The summed E-state index contributed by atoms with van der Waals surface area (Å²) >= 11 is 6.37. The van der Waals surface area contributed by atoms with E-state index in [1.165, 1.54) is 6.07 Å². The summed E-state index contributed by atoms with van der Waals surface area (Å²) < 4.78 is 24.9. The van der Waals surface area contributed by atoms with Crippen molar-refractivity contribution in [3.8, 4) is 11.5 Å². The van der Waals surface area contributed by atoms with E-state index in [2.05, 4.69) is 24.3 Å². The van der Waals surface area contributed by atoms with Gasteiger partial charge in [0, 0.05) is 12.1 Å². The van der Waals surface area contributed by atoms with Crippen LogP contribution in [-0.4, -0.2) is 39.2 Å². The van der Waals surface area contributed by atoms with E-state index < -0.39 is 0 Å². The number of rotatable bonds is 10. The summed E-state index contributed by atoms with van der Waals surface area (Å²) in [7, 11) is 5.69. The molecule has 0 aliphatic carbocycles. The van der Waals surface area contributed by atoms with Gasteiger partial charge < -0.3 is 19.7 Å². The molecule has 0 unspecified atom stereocenters. The number of hydrogen-bond donors (Lipinski definition) is 1. The van der Waals surface area contributed by atoms with Gasteiger partial charge in [-0.1, -0.05) is 29.8 Å². The summed E-state index contributed by atoms with van der Waals surface area (Å²) in [6.07, 6.45) is 1.07. The van der Waals surface area contributed by atoms with Crippen LogP contribution < -0.4 is 14.8 Å². The molecule has 2 rings (SSSR count). The van der Waals surface area contributed by atoms with Crippen molar-refractivity contribution in [1.29, 1.82) is 0 Å². The van der Waals surface area contributed by atoms with Gasteiger partial charge in [-0.25, -0.2) is 4.39 Å². The van der Waals surface area contributed by atoms with Gasteiger partial charge in [-0.2, -0.15) is 0 Å². The van der Waals surface area contributed by atoms with Crippen molar-refractivity contribution in [2.45, 2.75) is 19.6 Å². The highest BCUT2D eigenvalue weighted by Gasteiger charge is 2.13. The Morgan fingerprint density at radius 2 is 1.96 bits per heavy atom. The number of ether oxygens (including phenoxy) is 2. The molecular weight excluding hydrogens is 355 g/mol. The number of hydrogen-bond acceptors (Lipinski definition) is 4. The van der Waals surface area contributed by atoms with Crippen LogP contribution in [-0.2, 0) is 13.2 Å². The fourth-order valence-corrected chi connectivity index (χ4v) is 2.82. The molecule has 4 nitrogen and oxygen atoms in total. The average Bonchev–Trinajstić information content (AvgIpc) is 2.61. The lowest BCUT2D eigenvalue weighted by molar-refractivity contribution is 0.279. The van der Waals surface area contributed by atoms with Crippen LogP contribution in [0.3, 0.4) is 0 Å². The van der Waals surface area contributed by atoms with Crippen molar-refractivity contribution < 1.29 is 13.9 Å². The van der Waals surface area contributed by atoms with Crippen molar-refractivity contribution in [2.24, 2.45) is 0 Å². The van der Waals surface area contributed by atoms with Crippen molar-refractivity contribution in [2.75, 3.05) is 34.3 Å². The average molecular weight is 381 g/mol. The Hall–Kier alpha value is -1.82. The largest absolute Gasteiger partial charge is 0.493 e. The molecule has 0 saturated carbocycles. The van der Waals surface area contributed by atoms with Gasteiger partial charge in [-0.3, -0.25) is 0 Å². The van der Waals surface area contributed by atoms with Crippen molar-refractivity contribution in [3.63, 3.8) is 0 Å². The Kier molecular flexibility index (Phi) is 8.16. The second-order valence-electron chi connectivity index (χ2n) is 6.32. The highest BCUT2D eigenvalue weighted by molar-refractivity contribution is 6.32. The van der Waals surface area contributed by atoms with E-state index in [4.69, 9.17) is 21.1 Å². The summed E-state index contributed by atoms with van der Waals surface area (Å²) in [5.41, 5.74) is 1.48. The van der Waals surface area contributed by atoms with Crippen LogP contribution in [0, 0.1) is 5.82 Å². The van der Waals surface area contributed by atoms with Gasteiger partial charge in [0.15, 0.2) is 11.5 Å². The number of halogens is 2. The van der Waals surface area contributed by atoms with E-state index in [1.54, 1.807) is 25.3 Å². The molecule has 6 heteroatoms. The summed E-state index contributed by atoms with van der Waals surface area (Å²) in [6, 6.07) is 10.2. The number of nitrogens with one attached hydrogen (secondary N) is 1. The van der Waals surface area contributed by atoms with E-state index in [1.807, 2.05) is 12.1 Å². The van der Waals surface area contributed by atoms with Gasteiger partial charge in [0.1, 0.15) is 12.4 Å². The quantitative estimate of drug-likeness (QED) is 0.629. The monoisotopic (exact) mass is 380 g/mol. The molecule has 0 aliphatic rings. The SMILES string of the molecule is COc1cc(CNCCCN(C)C)cc(Cl)c1OCc1ccccc1F. The molecule has 2 aromatic rings. The third kappa shape index (κ3) is 6.16. The summed E-state index contributed by atoms with van der Waals surface area (Å²) in [4.78, 5) is 2.16. The first-order chi connectivity index (χ1) is 12.5. The lowest BCUT2D eigenvalue weighted by Crippen LogP contribution is -2.21. The number of methoxy groups -OCH3 is 1. The van der Waals surface area contributed by atoms with Crippen LogP contribution >= 0.6 is 11.6 Å². The zero-order chi connectivity index (χ0) is 18.9. The summed E-state index contributed by atoms with van der Waals surface area (Å²) in [5, 5.41) is 3.84. The molecule has 0 saturated heterocycles. The minimum Gasteiger partial charge on any atom is -0.493 e. The second-order valence-corrected chi connectivity index (χ2v) is 6.73. The fourth-order valence-electron chi connectivity index (χ4n) is 2.53. The Balaban J connectivity index is 1.98. The van der Waals surface area contributed by atoms with Crippen LogP contribution in [0.25, 0.3) is 0 Å². The number of nitrogens with zero attached hydrogens (tertiary/aromatic N) is 1. The zero-order valence-corrected chi connectivity index (χ0v) is 16.3. The van der Waals surface area contributed by atoms with E-state index >= 15 is 0 Å². The third-order valence-corrected chi connectivity index (χ3v) is 4.19. The van der Waals surface area contributed by atoms with Crippen LogP contribution in [0.1, 0.15) is 17.5 Å². The molecule has 0 aliphatic heterocycles. The molecule has 142 valence electrons. The molecule has 0 radical (unpaired) electrons. The molecule has 1 N–H and O–H groups in total. The molecular formula is C20H26ClFN2O2. The van der Waals surface area contributed by atoms with Gasteiger partial charge in [0.2, 0.25) is 0 Å². The maximum Gasteiger partial charge on any atom is 0.180 e. The number of benzene rings is 2. The first-order valence-electron chi connectivity index (χ1n) is 8.59. The highest BCUT2D eigenvalue weighted by atomic mass is 35.5. The smallest absolute Gasteiger partial charge is 0.180 e. The minimum absolute atomic E-state index is 0.0882. The van der Waals surface area contributed by atoms with Crippen molar-refractivity contribution in [3.05, 3.63) is 58.4 Å². The molecule has 0 amide bonds.